The van der Waals surface area contributed by atoms with Gasteiger partial charge in [0.1, 0.15) is 11.6 Å². The molecule has 1 saturated heterocycles. The predicted molar refractivity (Wildman–Crippen MR) is 121 cm³/mol. The number of aromatic amines is 1. The molecule has 0 amide bonds. The third kappa shape index (κ3) is 4.51. The Morgan fingerprint density at radius 1 is 1.17 bits per heavy atom. The minimum absolute atomic E-state index is 0.0892. The highest BCUT2D eigenvalue weighted by Gasteiger charge is 2.38. The van der Waals surface area contributed by atoms with Gasteiger partial charge in [-0.1, -0.05) is 19.3 Å². The summed E-state index contributed by atoms with van der Waals surface area (Å²) in [6.07, 6.45) is 8.35. The zero-order valence-corrected chi connectivity index (χ0v) is 18.3. The summed E-state index contributed by atoms with van der Waals surface area (Å²) in [7, 11) is 0. The summed E-state index contributed by atoms with van der Waals surface area (Å²) in [5, 5.41) is 3.61. The first-order chi connectivity index (χ1) is 14.1. The maximum Gasteiger partial charge on any atom is 0.254 e. The van der Waals surface area contributed by atoms with Crippen LogP contribution >= 0.6 is 11.8 Å². The van der Waals surface area contributed by atoms with Crippen molar-refractivity contribution in [3.8, 4) is 11.4 Å². The Hall–Kier alpha value is -1.86. The normalized spacial score (nSPS) is 19.8. The molecular formula is C22H31N5OS. The maximum absolute atomic E-state index is 12.0. The number of anilines is 1. The number of pyridine rings is 1. The standard InChI is InChI=1S/C22H31N5OS/c1-16-17(2)25-20(26-21(16)28)18-6-7-19(23-14-18)24-15-22(8-4-3-5-9-22)27-10-12-29-13-11-27/h6-7,14H,3-5,8-13,15H2,1-2H3,(H,23,24)(H,25,26,28). The zero-order valence-electron chi connectivity index (χ0n) is 17.5. The third-order valence-corrected chi connectivity index (χ3v) is 7.44. The Labute approximate surface area is 176 Å². The molecule has 1 aliphatic heterocycles. The predicted octanol–water partition coefficient (Wildman–Crippen LogP) is 3.61. The lowest BCUT2D eigenvalue weighted by molar-refractivity contribution is 0.0706. The van der Waals surface area contributed by atoms with Gasteiger partial charge in [-0.25, -0.2) is 9.97 Å². The van der Waals surface area contributed by atoms with E-state index in [1.165, 1.54) is 56.7 Å². The second-order valence-corrected chi connectivity index (χ2v) is 9.52. The highest BCUT2D eigenvalue weighted by atomic mass is 32.2. The van der Waals surface area contributed by atoms with E-state index in [9.17, 15) is 4.79 Å². The van der Waals surface area contributed by atoms with Crippen molar-refractivity contribution in [1.82, 2.24) is 19.9 Å². The van der Waals surface area contributed by atoms with E-state index >= 15 is 0 Å². The van der Waals surface area contributed by atoms with Crippen LogP contribution in [0, 0.1) is 13.8 Å². The SMILES string of the molecule is Cc1nc(-c2ccc(NCC3(N4CCSCC4)CCCCC3)nc2)[nH]c(=O)c1C. The molecule has 2 aromatic rings. The van der Waals surface area contributed by atoms with Crippen LogP contribution in [-0.2, 0) is 0 Å². The van der Waals surface area contributed by atoms with Crippen molar-refractivity contribution in [2.45, 2.75) is 51.5 Å². The molecular weight excluding hydrogens is 382 g/mol. The van der Waals surface area contributed by atoms with E-state index in [1.54, 1.807) is 13.1 Å². The van der Waals surface area contributed by atoms with Crippen LogP contribution in [0.4, 0.5) is 5.82 Å². The molecule has 3 heterocycles. The van der Waals surface area contributed by atoms with Gasteiger partial charge in [-0.2, -0.15) is 11.8 Å². The van der Waals surface area contributed by atoms with Gasteiger partial charge in [-0.05, 0) is 38.8 Å². The largest absolute Gasteiger partial charge is 0.368 e. The minimum Gasteiger partial charge on any atom is -0.368 e. The molecule has 0 aromatic carbocycles. The van der Waals surface area contributed by atoms with Crippen LogP contribution in [0.2, 0.25) is 0 Å². The quantitative estimate of drug-likeness (QED) is 0.780. The Morgan fingerprint density at radius 3 is 2.59 bits per heavy atom. The van der Waals surface area contributed by atoms with Gasteiger partial charge >= 0.3 is 0 Å². The summed E-state index contributed by atoms with van der Waals surface area (Å²) >= 11 is 2.07. The van der Waals surface area contributed by atoms with E-state index in [0.29, 0.717) is 11.4 Å². The molecule has 29 heavy (non-hydrogen) atoms. The summed E-state index contributed by atoms with van der Waals surface area (Å²) in [5.74, 6) is 3.95. The molecule has 6 nitrogen and oxygen atoms in total. The van der Waals surface area contributed by atoms with Crippen molar-refractivity contribution in [2.24, 2.45) is 0 Å². The van der Waals surface area contributed by atoms with Crippen LogP contribution in [0.5, 0.6) is 0 Å². The molecule has 2 fully saturated rings. The molecule has 7 heteroatoms. The summed E-state index contributed by atoms with van der Waals surface area (Å²) in [5.41, 5.74) is 2.42. The van der Waals surface area contributed by atoms with Crippen molar-refractivity contribution in [1.29, 1.82) is 0 Å². The average molecular weight is 414 g/mol. The lowest BCUT2D eigenvalue weighted by Crippen LogP contribution is -2.57. The number of aryl methyl sites for hydroxylation is 1. The number of H-pyrrole nitrogens is 1. The fourth-order valence-electron chi connectivity index (χ4n) is 4.53. The van der Waals surface area contributed by atoms with Crippen LogP contribution in [-0.4, -0.2) is 56.5 Å². The molecule has 0 unspecified atom stereocenters. The Morgan fingerprint density at radius 2 is 1.93 bits per heavy atom. The highest BCUT2D eigenvalue weighted by Crippen LogP contribution is 2.35. The van der Waals surface area contributed by atoms with Gasteiger partial charge in [-0.15, -0.1) is 0 Å². The molecule has 0 spiro atoms. The van der Waals surface area contributed by atoms with Gasteiger partial charge in [0.25, 0.3) is 5.56 Å². The smallest absolute Gasteiger partial charge is 0.254 e. The van der Waals surface area contributed by atoms with Crippen molar-refractivity contribution in [3.05, 3.63) is 39.9 Å². The maximum atomic E-state index is 12.0. The minimum atomic E-state index is -0.0892. The summed E-state index contributed by atoms with van der Waals surface area (Å²) < 4.78 is 0. The van der Waals surface area contributed by atoms with Crippen molar-refractivity contribution >= 4 is 17.6 Å². The first-order valence-corrected chi connectivity index (χ1v) is 11.8. The van der Waals surface area contributed by atoms with E-state index in [4.69, 9.17) is 0 Å². The van der Waals surface area contributed by atoms with Crippen LogP contribution in [0.3, 0.4) is 0 Å². The number of hydrogen-bond acceptors (Lipinski definition) is 6. The third-order valence-electron chi connectivity index (χ3n) is 6.50. The van der Waals surface area contributed by atoms with Crippen molar-refractivity contribution in [3.63, 3.8) is 0 Å². The Kier molecular flexibility index (Phi) is 6.25. The van der Waals surface area contributed by atoms with Crippen LogP contribution < -0.4 is 10.9 Å². The van der Waals surface area contributed by atoms with Crippen LogP contribution in [0.15, 0.2) is 23.1 Å². The number of hydrogen-bond donors (Lipinski definition) is 2. The van der Waals surface area contributed by atoms with E-state index in [1.807, 2.05) is 19.1 Å². The zero-order chi connectivity index (χ0) is 20.3. The van der Waals surface area contributed by atoms with Crippen molar-refractivity contribution in [2.75, 3.05) is 36.5 Å². The second-order valence-electron chi connectivity index (χ2n) is 8.30. The van der Waals surface area contributed by atoms with Gasteiger partial charge in [0.05, 0.1) is 0 Å². The Balaban J connectivity index is 1.47. The van der Waals surface area contributed by atoms with Gasteiger partial charge in [0.2, 0.25) is 0 Å². The van der Waals surface area contributed by atoms with Gasteiger partial charge in [0, 0.05) is 59.7 Å². The lowest BCUT2D eigenvalue weighted by atomic mass is 9.80. The lowest BCUT2D eigenvalue weighted by Gasteiger charge is -2.48. The summed E-state index contributed by atoms with van der Waals surface area (Å²) in [4.78, 5) is 26.7. The molecule has 4 rings (SSSR count). The van der Waals surface area contributed by atoms with Crippen LogP contribution in [0.25, 0.3) is 11.4 Å². The van der Waals surface area contributed by atoms with Gasteiger partial charge in [-0.3, -0.25) is 9.69 Å². The molecule has 2 aliphatic rings. The first-order valence-electron chi connectivity index (χ1n) is 10.7. The Bertz CT molecular complexity index is 883. The van der Waals surface area contributed by atoms with E-state index in [0.717, 1.165) is 23.6 Å². The summed E-state index contributed by atoms with van der Waals surface area (Å²) in [6.45, 7) is 7.00. The second kappa shape index (κ2) is 8.88. The molecule has 156 valence electrons. The number of rotatable bonds is 5. The average Bonchev–Trinajstić information content (AvgIpc) is 2.77. The molecule has 2 aromatic heterocycles. The summed E-state index contributed by atoms with van der Waals surface area (Å²) in [6, 6.07) is 3.97. The number of nitrogens with zero attached hydrogens (tertiary/aromatic N) is 3. The fraction of sp³-hybridized carbons (Fsp3) is 0.591. The molecule has 0 bridgehead atoms. The van der Waals surface area contributed by atoms with Gasteiger partial charge < -0.3 is 10.3 Å². The van der Waals surface area contributed by atoms with E-state index in [2.05, 4.69) is 36.9 Å². The monoisotopic (exact) mass is 413 g/mol. The number of nitrogens with one attached hydrogen (secondary N) is 2. The van der Waals surface area contributed by atoms with E-state index < -0.39 is 0 Å². The molecule has 0 radical (unpaired) electrons. The molecule has 1 saturated carbocycles. The van der Waals surface area contributed by atoms with E-state index in [-0.39, 0.29) is 11.1 Å². The van der Waals surface area contributed by atoms with Gasteiger partial charge in [0.15, 0.2) is 0 Å². The topological polar surface area (TPSA) is 73.9 Å². The first kappa shape index (κ1) is 20.4. The molecule has 0 atom stereocenters. The molecule has 1 aliphatic carbocycles. The van der Waals surface area contributed by atoms with Crippen molar-refractivity contribution < 1.29 is 0 Å². The number of thioether (sulfide) groups is 1. The van der Waals surface area contributed by atoms with Crippen LogP contribution in [0.1, 0.15) is 43.4 Å². The fourth-order valence-corrected chi connectivity index (χ4v) is 5.43. The number of aromatic nitrogens is 3. The highest BCUT2D eigenvalue weighted by molar-refractivity contribution is 7.99. The molecule has 2 N–H and O–H groups in total.